The molecule has 1 heterocycles. The highest BCUT2D eigenvalue weighted by Gasteiger charge is 2.17. The smallest absolute Gasteiger partial charge is 0.222 e. The summed E-state index contributed by atoms with van der Waals surface area (Å²) in [5, 5.41) is 7.42. The number of rotatable bonds is 9. The molecule has 1 N–H and O–H groups in total. The van der Waals surface area contributed by atoms with Crippen molar-refractivity contribution in [2.24, 2.45) is 0 Å². The molecule has 0 radical (unpaired) electrons. The van der Waals surface area contributed by atoms with Gasteiger partial charge in [-0.1, -0.05) is 24.6 Å². The number of aryl methyl sites for hydroxylation is 1. The van der Waals surface area contributed by atoms with E-state index in [9.17, 15) is 9.59 Å². The van der Waals surface area contributed by atoms with Gasteiger partial charge in [0.2, 0.25) is 11.8 Å². The Morgan fingerprint density at radius 3 is 2.48 bits per heavy atom. The summed E-state index contributed by atoms with van der Waals surface area (Å²) in [6, 6.07) is 10.0. The summed E-state index contributed by atoms with van der Waals surface area (Å²) in [6.45, 7) is 6.79. The molecule has 0 aliphatic carbocycles. The summed E-state index contributed by atoms with van der Waals surface area (Å²) >= 11 is 0. The minimum atomic E-state index is -0.00685. The Hall–Kier alpha value is -2.63. The van der Waals surface area contributed by atoms with Crippen LogP contribution in [0.4, 0.5) is 0 Å². The Kier molecular flexibility index (Phi) is 7.58. The monoisotopic (exact) mass is 370 g/mol. The average Bonchev–Trinajstić information content (AvgIpc) is 2.93. The maximum absolute atomic E-state index is 12.4. The molecule has 0 fully saturated rings. The fourth-order valence-electron chi connectivity index (χ4n) is 3.08. The zero-order valence-corrected chi connectivity index (χ0v) is 16.8. The third-order valence-corrected chi connectivity index (χ3v) is 4.70. The van der Waals surface area contributed by atoms with Crippen molar-refractivity contribution in [2.75, 3.05) is 13.6 Å². The second kappa shape index (κ2) is 9.90. The molecule has 0 aliphatic rings. The van der Waals surface area contributed by atoms with E-state index in [-0.39, 0.29) is 11.8 Å². The molecule has 2 aromatic rings. The van der Waals surface area contributed by atoms with Crippen molar-refractivity contribution < 1.29 is 9.59 Å². The number of hydrogen-bond donors (Lipinski definition) is 1. The van der Waals surface area contributed by atoms with Gasteiger partial charge in [-0.25, -0.2) is 4.68 Å². The zero-order chi connectivity index (χ0) is 19.8. The van der Waals surface area contributed by atoms with Crippen LogP contribution in [0.15, 0.2) is 30.3 Å². The van der Waals surface area contributed by atoms with Crippen molar-refractivity contribution in [2.45, 2.75) is 53.0 Å². The number of aromatic nitrogens is 2. The van der Waals surface area contributed by atoms with Crippen LogP contribution in [-0.2, 0) is 16.1 Å². The number of unbranched alkanes of at least 4 members (excludes halogenated alkanes) is 2. The number of hydrogen-bond acceptors (Lipinski definition) is 3. The molecule has 0 bridgehead atoms. The molecule has 0 aliphatic heterocycles. The molecule has 1 aromatic heterocycles. The molecule has 1 aromatic carbocycles. The van der Waals surface area contributed by atoms with Gasteiger partial charge in [-0.05, 0) is 38.8 Å². The number of carbonyl (C=O) groups is 2. The van der Waals surface area contributed by atoms with E-state index in [0.29, 0.717) is 19.5 Å². The molecule has 6 heteroatoms. The molecular weight excluding hydrogens is 340 g/mol. The Labute approximate surface area is 161 Å². The number of benzene rings is 1. The summed E-state index contributed by atoms with van der Waals surface area (Å²) in [6.07, 6.45) is 3.20. The van der Waals surface area contributed by atoms with Gasteiger partial charge in [-0.3, -0.25) is 9.59 Å². The molecule has 0 saturated heterocycles. The predicted molar refractivity (Wildman–Crippen MR) is 107 cm³/mol. The number of para-hydroxylation sites is 1. The van der Waals surface area contributed by atoms with Crippen LogP contribution in [0.5, 0.6) is 0 Å². The molecule has 2 rings (SSSR count). The maximum Gasteiger partial charge on any atom is 0.222 e. The van der Waals surface area contributed by atoms with Crippen molar-refractivity contribution in [3.8, 4) is 5.69 Å². The highest BCUT2D eigenvalue weighted by molar-refractivity contribution is 5.75. The van der Waals surface area contributed by atoms with Crippen LogP contribution in [0, 0.1) is 13.8 Å². The molecule has 146 valence electrons. The van der Waals surface area contributed by atoms with E-state index < -0.39 is 0 Å². The predicted octanol–water partition coefficient (Wildman–Crippen LogP) is 3.14. The van der Waals surface area contributed by atoms with E-state index >= 15 is 0 Å². The fraction of sp³-hybridized carbons (Fsp3) is 0.476. The first-order valence-electron chi connectivity index (χ1n) is 9.49. The first-order valence-corrected chi connectivity index (χ1v) is 9.49. The minimum Gasteiger partial charge on any atom is -0.356 e. The van der Waals surface area contributed by atoms with Crippen molar-refractivity contribution in [1.29, 1.82) is 0 Å². The lowest BCUT2D eigenvalue weighted by atomic mass is 10.1. The van der Waals surface area contributed by atoms with Gasteiger partial charge in [-0.2, -0.15) is 5.10 Å². The quantitative estimate of drug-likeness (QED) is 0.690. The zero-order valence-electron chi connectivity index (χ0n) is 16.8. The van der Waals surface area contributed by atoms with Gasteiger partial charge in [0.25, 0.3) is 0 Å². The number of nitrogens with zero attached hydrogens (tertiary/aromatic N) is 3. The van der Waals surface area contributed by atoms with E-state index in [1.807, 2.05) is 55.9 Å². The molecule has 6 nitrogen and oxygen atoms in total. The summed E-state index contributed by atoms with van der Waals surface area (Å²) in [5.74, 6) is 0.133. The first-order chi connectivity index (χ1) is 12.9. The van der Waals surface area contributed by atoms with Gasteiger partial charge in [0.1, 0.15) is 0 Å². The van der Waals surface area contributed by atoms with Gasteiger partial charge in [0.15, 0.2) is 0 Å². The second-order valence-corrected chi connectivity index (χ2v) is 6.94. The third kappa shape index (κ3) is 5.94. The summed E-state index contributed by atoms with van der Waals surface area (Å²) in [5.41, 5.74) is 4.14. The van der Waals surface area contributed by atoms with Crippen molar-refractivity contribution in [3.63, 3.8) is 0 Å². The molecule has 0 unspecified atom stereocenters. The molecule has 0 saturated carbocycles. The van der Waals surface area contributed by atoms with E-state index in [0.717, 1.165) is 41.9 Å². The Morgan fingerprint density at radius 2 is 1.81 bits per heavy atom. The van der Waals surface area contributed by atoms with Gasteiger partial charge < -0.3 is 10.2 Å². The topological polar surface area (TPSA) is 67.2 Å². The number of nitrogens with one attached hydrogen (secondary N) is 1. The van der Waals surface area contributed by atoms with E-state index in [1.54, 1.807) is 4.90 Å². The second-order valence-electron chi connectivity index (χ2n) is 6.94. The van der Waals surface area contributed by atoms with Crippen LogP contribution in [-0.4, -0.2) is 40.1 Å². The minimum absolute atomic E-state index is 0.00685. The summed E-state index contributed by atoms with van der Waals surface area (Å²) in [4.78, 5) is 25.0. The largest absolute Gasteiger partial charge is 0.356 e. The van der Waals surface area contributed by atoms with Crippen molar-refractivity contribution in [3.05, 3.63) is 47.3 Å². The molecular formula is C21H30N4O2. The lowest BCUT2D eigenvalue weighted by Gasteiger charge is -2.17. The Bertz CT molecular complexity index is 768. The number of carbonyl (C=O) groups excluding carboxylic acids is 2. The highest BCUT2D eigenvalue weighted by Crippen LogP contribution is 2.19. The molecule has 0 atom stereocenters. The molecule has 2 amide bonds. The molecule has 0 spiro atoms. The Balaban J connectivity index is 1.88. The van der Waals surface area contributed by atoms with E-state index in [4.69, 9.17) is 0 Å². The maximum atomic E-state index is 12.4. The normalized spacial score (nSPS) is 10.7. The number of amides is 2. The Morgan fingerprint density at radius 1 is 1.11 bits per heavy atom. The van der Waals surface area contributed by atoms with Crippen LogP contribution < -0.4 is 5.32 Å². The lowest BCUT2D eigenvalue weighted by molar-refractivity contribution is -0.130. The van der Waals surface area contributed by atoms with Gasteiger partial charge >= 0.3 is 0 Å². The fourth-order valence-corrected chi connectivity index (χ4v) is 3.08. The van der Waals surface area contributed by atoms with Gasteiger partial charge in [0.05, 0.1) is 11.4 Å². The van der Waals surface area contributed by atoms with Crippen LogP contribution >= 0.6 is 0 Å². The van der Waals surface area contributed by atoms with Gasteiger partial charge in [-0.15, -0.1) is 0 Å². The average molecular weight is 370 g/mol. The highest BCUT2D eigenvalue weighted by atomic mass is 16.2. The van der Waals surface area contributed by atoms with Gasteiger partial charge in [0, 0.05) is 44.7 Å². The van der Waals surface area contributed by atoms with Crippen molar-refractivity contribution >= 4 is 11.8 Å². The van der Waals surface area contributed by atoms with Crippen LogP contribution in [0.2, 0.25) is 0 Å². The van der Waals surface area contributed by atoms with Crippen LogP contribution in [0.1, 0.15) is 49.6 Å². The van der Waals surface area contributed by atoms with Crippen molar-refractivity contribution in [1.82, 2.24) is 20.0 Å². The SMILES string of the molecule is CC(=O)NCCCCCC(=O)N(C)Cc1c(C)nn(-c2ccccc2)c1C. The standard InChI is InChI=1S/C21H30N4O2/c1-16-20(17(2)25(23-16)19-11-7-5-8-12-19)15-24(4)21(27)13-9-6-10-14-22-18(3)26/h5,7-8,11-12H,6,9-10,13-15H2,1-4H3,(H,22,26). The summed E-state index contributed by atoms with van der Waals surface area (Å²) in [7, 11) is 1.85. The summed E-state index contributed by atoms with van der Waals surface area (Å²) < 4.78 is 1.94. The third-order valence-electron chi connectivity index (χ3n) is 4.70. The van der Waals surface area contributed by atoms with E-state index in [2.05, 4.69) is 10.4 Å². The van der Waals surface area contributed by atoms with E-state index in [1.165, 1.54) is 6.92 Å². The molecule has 27 heavy (non-hydrogen) atoms. The lowest BCUT2D eigenvalue weighted by Crippen LogP contribution is -2.26. The first kappa shape index (κ1) is 20.7. The van der Waals surface area contributed by atoms with Crippen LogP contribution in [0.25, 0.3) is 5.69 Å². The van der Waals surface area contributed by atoms with Crippen LogP contribution in [0.3, 0.4) is 0 Å².